The number of carbonyl (C=O) groups is 2. The van der Waals surface area contributed by atoms with Crippen molar-refractivity contribution in [1.29, 1.82) is 0 Å². The summed E-state index contributed by atoms with van der Waals surface area (Å²) in [6.07, 6.45) is 14.7. The quantitative estimate of drug-likeness (QED) is 0.129. The highest BCUT2D eigenvalue weighted by atomic mass is 16.5. The molecule has 2 aliphatic heterocycles. The normalized spacial score (nSPS) is 34.1. The van der Waals surface area contributed by atoms with E-state index in [9.17, 15) is 24.9 Å². The summed E-state index contributed by atoms with van der Waals surface area (Å²) in [7, 11) is 0. The van der Waals surface area contributed by atoms with Crippen LogP contribution in [0.1, 0.15) is 114 Å². The summed E-state index contributed by atoms with van der Waals surface area (Å²) in [5.41, 5.74) is 11.4. The molecule has 0 bridgehead atoms. The molecule has 6 rings (SSSR count). The summed E-state index contributed by atoms with van der Waals surface area (Å²) in [5, 5.41) is 38.4. The Balaban J connectivity index is 1.38. The van der Waals surface area contributed by atoms with Gasteiger partial charge >= 0.3 is 0 Å². The maximum atomic E-state index is 14.3. The number of Topliss-reactive ketones (excluding diaryl/α,β-unsaturated/α-hetero) is 1. The van der Waals surface area contributed by atoms with Crippen LogP contribution in [-0.2, 0) is 27.2 Å². The second-order valence-corrected chi connectivity index (χ2v) is 16.7. The molecule has 1 amide bonds. The summed E-state index contributed by atoms with van der Waals surface area (Å²) in [6, 6.07) is 5.68. The zero-order valence-electron chi connectivity index (χ0n) is 32.5. The van der Waals surface area contributed by atoms with Crippen molar-refractivity contribution >= 4 is 11.7 Å². The number of ether oxygens (including phenoxy) is 1. The summed E-state index contributed by atoms with van der Waals surface area (Å²) < 4.78 is 6.53. The third-order valence-corrected chi connectivity index (χ3v) is 13.3. The van der Waals surface area contributed by atoms with Crippen molar-refractivity contribution in [3.05, 3.63) is 93.6 Å². The van der Waals surface area contributed by atoms with E-state index >= 15 is 0 Å². The summed E-state index contributed by atoms with van der Waals surface area (Å²) in [5.74, 6) is 5.80. The molecule has 2 heterocycles. The van der Waals surface area contributed by atoms with Gasteiger partial charge in [0.1, 0.15) is 12.8 Å². The molecular weight excluding hydrogens is 677 g/mol. The summed E-state index contributed by atoms with van der Waals surface area (Å²) in [6.45, 7) is 10.4. The van der Waals surface area contributed by atoms with Crippen LogP contribution < -0.4 is 11.1 Å². The molecule has 3 fully saturated rings. The van der Waals surface area contributed by atoms with E-state index < -0.39 is 23.3 Å². The predicted molar refractivity (Wildman–Crippen MR) is 212 cm³/mol. The second-order valence-electron chi connectivity index (χ2n) is 16.7. The summed E-state index contributed by atoms with van der Waals surface area (Å²) in [4.78, 5) is 26.7. The fourth-order valence-corrected chi connectivity index (χ4v) is 10.5. The van der Waals surface area contributed by atoms with Crippen molar-refractivity contribution < 1.29 is 29.6 Å². The number of ketones is 1. The number of benzene rings is 1. The number of nitrogens with one attached hydrogen (secondary N) is 1. The van der Waals surface area contributed by atoms with E-state index in [0.717, 1.165) is 65.5 Å². The molecular formula is C46H60N2O6. The molecule has 8 heteroatoms. The van der Waals surface area contributed by atoms with Gasteiger partial charge in [0.25, 0.3) is 0 Å². The summed E-state index contributed by atoms with van der Waals surface area (Å²) >= 11 is 0. The molecule has 6 N–H and O–H groups in total. The molecule has 1 spiro atoms. The molecule has 54 heavy (non-hydrogen) atoms. The Morgan fingerprint density at radius 2 is 2.02 bits per heavy atom. The van der Waals surface area contributed by atoms with Crippen LogP contribution in [0.5, 0.6) is 0 Å². The Kier molecular flexibility index (Phi) is 12.7. The minimum atomic E-state index is -1.22. The van der Waals surface area contributed by atoms with Crippen LogP contribution in [0.25, 0.3) is 0 Å². The van der Waals surface area contributed by atoms with Gasteiger partial charge in [-0.2, -0.15) is 0 Å². The molecule has 3 saturated carbocycles. The highest BCUT2D eigenvalue weighted by molar-refractivity contribution is 5.97. The highest BCUT2D eigenvalue weighted by Gasteiger charge is 2.67. The number of hydrogen-bond acceptors (Lipinski definition) is 7. The number of allylic oxidation sites excluding steroid dienone is 8. The Hall–Kier alpha value is -3.58. The van der Waals surface area contributed by atoms with Crippen LogP contribution in [0.4, 0.5) is 0 Å². The number of aliphatic hydroxyl groups is 3. The molecule has 3 aliphatic carbocycles. The molecule has 0 radical (unpaired) electrons. The SMILES string of the molecule is C=C1C=CC=C2C(CCCC3CC4(C(CCCO)C(=C(C)C(=O)Cc5cccc6c5CC(=O)NC6N)CCC4(C)O)C(O)C23)OCC#CCC(C)=CCC1. The first-order chi connectivity index (χ1) is 25.9. The maximum absolute atomic E-state index is 14.3. The Bertz CT molecular complexity index is 1810. The van der Waals surface area contributed by atoms with Crippen LogP contribution in [0, 0.1) is 35.0 Å². The number of rotatable bonds is 6. The van der Waals surface area contributed by atoms with Crippen LogP contribution in [0.15, 0.2) is 76.9 Å². The molecule has 0 saturated heterocycles. The molecule has 5 aliphatic rings. The molecule has 8 nitrogen and oxygen atoms in total. The molecule has 1 aromatic rings. The lowest BCUT2D eigenvalue weighted by molar-refractivity contribution is -0.168. The maximum Gasteiger partial charge on any atom is 0.225 e. The average molecular weight is 737 g/mol. The monoisotopic (exact) mass is 736 g/mol. The van der Waals surface area contributed by atoms with Crippen molar-refractivity contribution in [3.63, 3.8) is 0 Å². The molecule has 290 valence electrons. The number of carbonyl (C=O) groups excluding carboxylic acids is 2. The van der Waals surface area contributed by atoms with Gasteiger partial charge in [-0.1, -0.05) is 84.1 Å². The van der Waals surface area contributed by atoms with Gasteiger partial charge in [-0.3, -0.25) is 9.59 Å². The number of aliphatic hydroxyl groups excluding tert-OH is 2. The minimum Gasteiger partial charge on any atom is -0.396 e. The number of amides is 1. The van der Waals surface area contributed by atoms with Crippen LogP contribution in [-0.4, -0.2) is 58.0 Å². The van der Waals surface area contributed by atoms with E-state index in [4.69, 9.17) is 10.5 Å². The zero-order chi connectivity index (χ0) is 38.6. The highest BCUT2D eigenvalue weighted by Crippen LogP contribution is 2.66. The van der Waals surface area contributed by atoms with Crippen LogP contribution >= 0.6 is 0 Å². The van der Waals surface area contributed by atoms with Crippen LogP contribution in [0.2, 0.25) is 0 Å². The van der Waals surface area contributed by atoms with Crippen molar-refractivity contribution in [1.82, 2.24) is 5.32 Å². The number of hydrogen-bond donors (Lipinski definition) is 5. The lowest BCUT2D eigenvalue weighted by atomic mass is 9.52. The first-order valence-corrected chi connectivity index (χ1v) is 20.1. The Labute approximate surface area is 321 Å². The molecule has 1 aromatic carbocycles. The second kappa shape index (κ2) is 17.1. The topological polar surface area (TPSA) is 142 Å². The zero-order valence-corrected chi connectivity index (χ0v) is 32.5. The van der Waals surface area contributed by atoms with E-state index in [1.807, 2.05) is 38.1 Å². The van der Waals surface area contributed by atoms with E-state index in [2.05, 4.69) is 48.9 Å². The average Bonchev–Trinajstić information content (AvgIpc) is 3.30. The third-order valence-electron chi connectivity index (χ3n) is 13.3. The Morgan fingerprint density at radius 3 is 2.81 bits per heavy atom. The number of nitrogens with two attached hydrogens (primary N) is 1. The van der Waals surface area contributed by atoms with Gasteiger partial charge in [-0.15, -0.1) is 0 Å². The van der Waals surface area contributed by atoms with Crippen molar-refractivity contribution in [2.75, 3.05) is 13.2 Å². The van der Waals surface area contributed by atoms with E-state index in [0.29, 0.717) is 50.7 Å². The lowest BCUT2D eigenvalue weighted by Crippen LogP contribution is -2.59. The van der Waals surface area contributed by atoms with Crippen molar-refractivity contribution in [2.45, 2.75) is 128 Å². The van der Waals surface area contributed by atoms with Gasteiger partial charge in [-0.25, -0.2) is 0 Å². The smallest absolute Gasteiger partial charge is 0.225 e. The van der Waals surface area contributed by atoms with Gasteiger partial charge in [-0.05, 0) is 118 Å². The molecule has 8 unspecified atom stereocenters. The fourth-order valence-electron chi connectivity index (χ4n) is 10.5. The first kappa shape index (κ1) is 40.1. The third kappa shape index (κ3) is 8.03. The van der Waals surface area contributed by atoms with E-state index in [-0.39, 0.29) is 55.0 Å². The standard InChI is InChI=1S/C46H60N2O6/c1-29-12-5-6-25-54-40-21-10-17-33-28-46(43(52)42(33)36(40)19-8-15-30(2)14-7-13-29)38(20-11-24-49)34(22-23-45(46,4)53)31(3)39(50)26-32-16-9-18-35-37(32)27-41(51)48-44(35)47/h8-9,13,15-16,18-19,33,38,40,42-44,49,52-53H,2,7,10-12,14,17,20-28,47H2,1,3-4H3,(H,48,51). The van der Waals surface area contributed by atoms with Crippen LogP contribution in [0.3, 0.4) is 0 Å². The Morgan fingerprint density at radius 1 is 1.20 bits per heavy atom. The van der Waals surface area contributed by atoms with Crippen molar-refractivity contribution in [3.8, 4) is 11.8 Å². The van der Waals surface area contributed by atoms with Gasteiger partial charge in [0.15, 0.2) is 5.78 Å². The lowest BCUT2D eigenvalue weighted by Gasteiger charge is -2.56. The van der Waals surface area contributed by atoms with Crippen molar-refractivity contribution in [2.24, 2.45) is 28.9 Å². The molecule has 0 aromatic heterocycles. The van der Waals surface area contributed by atoms with Gasteiger partial charge in [0.05, 0.1) is 24.2 Å². The molecule has 8 atom stereocenters. The number of fused-ring (bicyclic) bond motifs is 4. The first-order valence-electron chi connectivity index (χ1n) is 20.1. The van der Waals surface area contributed by atoms with Gasteiger partial charge < -0.3 is 31.1 Å². The fraction of sp³-hybridized carbons (Fsp3) is 0.565. The van der Waals surface area contributed by atoms with Gasteiger partial charge in [0.2, 0.25) is 5.91 Å². The van der Waals surface area contributed by atoms with E-state index in [1.54, 1.807) is 0 Å². The van der Waals surface area contributed by atoms with Gasteiger partial charge in [0, 0.05) is 30.8 Å². The minimum absolute atomic E-state index is 0.0255. The largest absolute Gasteiger partial charge is 0.396 e. The van der Waals surface area contributed by atoms with E-state index in [1.165, 1.54) is 5.57 Å². The predicted octanol–water partition coefficient (Wildman–Crippen LogP) is 6.40.